The number of likely N-dealkylation sites (tertiary alicyclic amines) is 2. The number of carbonyl (C=O) groups excluding carboxylic acids is 2. The van der Waals surface area contributed by atoms with Gasteiger partial charge in [0.05, 0.1) is 6.54 Å². The Morgan fingerprint density at radius 1 is 1.40 bits per heavy atom. The maximum atomic E-state index is 11.8. The van der Waals surface area contributed by atoms with Crippen molar-refractivity contribution in [3.63, 3.8) is 0 Å². The molecule has 0 spiro atoms. The molecule has 2 amide bonds. The van der Waals surface area contributed by atoms with Gasteiger partial charge in [0.15, 0.2) is 0 Å². The quantitative estimate of drug-likeness (QED) is 0.693. The van der Waals surface area contributed by atoms with Crippen molar-refractivity contribution >= 4 is 27.7 Å². The van der Waals surface area contributed by atoms with Crippen molar-refractivity contribution in [1.82, 2.24) is 9.80 Å². The minimum Gasteiger partial charge on any atom is -0.341 e. The molecule has 0 aromatic rings. The molecule has 0 aromatic carbocycles. The van der Waals surface area contributed by atoms with Crippen LogP contribution < -0.4 is 0 Å². The molecule has 0 radical (unpaired) electrons. The zero-order valence-electron chi connectivity index (χ0n) is 8.62. The first-order chi connectivity index (χ1) is 7.16. The van der Waals surface area contributed by atoms with E-state index >= 15 is 0 Å². The topological polar surface area (TPSA) is 40.6 Å². The van der Waals surface area contributed by atoms with Gasteiger partial charge >= 0.3 is 0 Å². The predicted octanol–water partition coefficient (Wildman–Crippen LogP) is 0.605. The lowest BCUT2D eigenvalue weighted by atomic mass is 10.4. The lowest BCUT2D eigenvalue weighted by Crippen LogP contribution is -2.39. The molecule has 84 valence electrons. The normalized spacial score (nSPS) is 26.5. The van der Waals surface area contributed by atoms with Crippen molar-refractivity contribution in [3.05, 3.63) is 0 Å². The van der Waals surface area contributed by atoms with Gasteiger partial charge in [-0.3, -0.25) is 9.59 Å². The Balaban J connectivity index is 1.85. The van der Waals surface area contributed by atoms with E-state index in [0.29, 0.717) is 13.0 Å². The van der Waals surface area contributed by atoms with E-state index in [-0.39, 0.29) is 23.2 Å². The third-order valence-corrected chi connectivity index (χ3v) is 3.57. The van der Waals surface area contributed by atoms with Crippen LogP contribution in [0.15, 0.2) is 0 Å². The predicted molar refractivity (Wildman–Crippen MR) is 59.7 cm³/mol. The van der Waals surface area contributed by atoms with Crippen LogP contribution in [-0.2, 0) is 9.59 Å². The average Bonchev–Trinajstić information content (AvgIpc) is 2.76. The Morgan fingerprint density at radius 3 is 2.60 bits per heavy atom. The maximum absolute atomic E-state index is 11.8. The van der Waals surface area contributed by atoms with Crippen molar-refractivity contribution < 1.29 is 9.59 Å². The van der Waals surface area contributed by atoms with Crippen LogP contribution in [0, 0.1) is 0 Å². The third-order valence-electron chi connectivity index (χ3n) is 2.95. The van der Waals surface area contributed by atoms with E-state index in [9.17, 15) is 9.59 Å². The minimum atomic E-state index is 0.0874. The van der Waals surface area contributed by atoms with Crippen LogP contribution in [-0.4, -0.2) is 52.6 Å². The van der Waals surface area contributed by atoms with Crippen LogP contribution >= 0.6 is 15.9 Å². The van der Waals surface area contributed by atoms with Crippen molar-refractivity contribution in [2.24, 2.45) is 0 Å². The number of carbonyl (C=O) groups is 2. The first kappa shape index (κ1) is 10.9. The van der Waals surface area contributed by atoms with Crippen molar-refractivity contribution in [2.45, 2.75) is 24.1 Å². The van der Waals surface area contributed by atoms with Gasteiger partial charge in [-0.1, -0.05) is 15.9 Å². The van der Waals surface area contributed by atoms with E-state index in [0.717, 1.165) is 25.9 Å². The van der Waals surface area contributed by atoms with Crippen LogP contribution in [0.4, 0.5) is 0 Å². The van der Waals surface area contributed by atoms with Crippen LogP contribution in [0.2, 0.25) is 0 Å². The molecule has 2 aliphatic heterocycles. The number of halogens is 1. The van der Waals surface area contributed by atoms with Crippen LogP contribution in [0.3, 0.4) is 0 Å². The summed E-state index contributed by atoms with van der Waals surface area (Å²) in [5.74, 6) is 0.187. The first-order valence-corrected chi connectivity index (χ1v) is 6.28. The Hall–Kier alpha value is -0.580. The highest BCUT2D eigenvalue weighted by atomic mass is 79.9. The van der Waals surface area contributed by atoms with E-state index in [1.807, 2.05) is 4.90 Å². The maximum Gasteiger partial charge on any atom is 0.242 e. The van der Waals surface area contributed by atoms with Gasteiger partial charge in [-0.2, -0.15) is 0 Å². The van der Waals surface area contributed by atoms with Gasteiger partial charge in [-0.15, -0.1) is 0 Å². The van der Waals surface area contributed by atoms with Gasteiger partial charge in [-0.05, 0) is 12.8 Å². The summed E-state index contributed by atoms with van der Waals surface area (Å²) in [6, 6.07) is 0. The molecule has 2 heterocycles. The summed E-state index contributed by atoms with van der Waals surface area (Å²) < 4.78 is 0. The third kappa shape index (κ3) is 2.51. The van der Waals surface area contributed by atoms with Crippen LogP contribution in [0.5, 0.6) is 0 Å². The summed E-state index contributed by atoms with van der Waals surface area (Å²) in [5.41, 5.74) is 0. The highest BCUT2D eigenvalue weighted by molar-refractivity contribution is 9.09. The van der Waals surface area contributed by atoms with Gasteiger partial charge in [0.25, 0.3) is 0 Å². The summed E-state index contributed by atoms with van der Waals surface area (Å²) in [6.45, 7) is 2.65. The molecule has 4 nitrogen and oxygen atoms in total. The molecule has 5 heteroatoms. The van der Waals surface area contributed by atoms with Gasteiger partial charge in [0.1, 0.15) is 0 Å². The molecule has 0 aromatic heterocycles. The molecule has 1 unspecified atom stereocenters. The summed E-state index contributed by atoms with van der Waals surface area (Å²) in [5, 5.41) is 0. The second kappa shape index (κ2) is 4.51. The Labute approximate surface area is 97.7 Å². The summed E-state index contributed by atoms with van der Waals surface area (Å²) in [6.07, 6.45) is 2.72. The highest BCUT2D eigenvalue weighted by Crippen LogP contribution is 2.18. The second-order valence-electron chi connectivity index (χ2n) is 4.16. The zero-order valence-corrected chi connectivity index (χ0v) is 10.2. The van der Waals surface area contributed by atoms with Crippen LogP contribution in [0.1, 0.15) is 19.3 Å². The van der Waals surface area contributed by atoms with E-state index in [1.165, 1.54) is 0 Å². The standard InChI is InChI=1S/C10H15BrN2O2/c11-8-5-9(14)13(6-8)7-10(15)12-3-1-2-4-12/h8H,1-7H2. The van der Waals surface area contributed by atoms with Gasteiger partial charge in [0, 0.05) is 30.9 Å². The molecule has 2 fully saturated rings. The van der Waals surface area contributed by atoms with Crippen LogP contribution in [0.25, 0.3) is 0 Å². The van der Waals surface area contributed by atoms with Crippen molar-refractivity contribution in [3.8, 4) is 0 Å². The number of amides is 2. The van der Waals surface area contributed by atoms with Gasteiger partial charge in [-0.25, -0.2) is 0 Å². The first-order valence-electron chi connectivity index (χ1n) is 5.36. The molecular formula is C10H15BrN2O2. The van der Waals surface area contributed by atoms with Crippen molar-refractivity contribution in [2.75, 3.05) is 26.2 Å². The smallest absolute Gasteiger partial charge is 0.242 e. The fraction of sp³-hybridized carbons (Fsp3) is 0.800. The molecule has 2 aliphatic rings. The Morgan fingerprint density at radius 2 is 2.07 bits per heavy atom. The summed E-state index contributed by atoms with van der Waals surface area (Å²) >= 11 is 3.41. The second-order valence-corrected chi connectivity index (χ2v) is 5.46. The van der Waals surface area contributed by atoms with E-state index in [2.05, 4.69) is 15.9 Å². The fourth-order valence-electron chi connectivity index (χ4n) is 2.11. The van der Waals surface area contributed by atoms with Gasteiger partial charge in [0.2, 0.25) is 11.8 Å². The van der Waals surface area contributed by atoms with Crippen molar-refractivity contribution in [1.29, 1.82) is 0 Å². The number of rotatable bonds is 2. The van der Waals surface area contributed by atoms with E-state index in [4.69, 9.17) is 0 Å². The molecule has 2 rings (SSSR count). The van der Waals surface area contributed by atoms with E-state index < -0.39 is 0 Å². The minimum absolute atomic E-state index is 0.0874. The zero-order chi connectivity index (χ0) is 10.8. The molecule has 0 saturated carbocycles. The largest absolute Gasteiger partial charge is 0.341 e. The monoisotopic (exact) mass is 274 g/mol. The highest BCUT2D eigenvalue weighted by Gasteiger charge is 2.30. The molecular weight excluding hydrogens is 260 g/mol. The molecule has 0 N–H and O–H groups in total. The molecule has 15 heavy (non-hydrogen) atoms. The lowest BCUT2D eigenvalue weighted by molar-refractivity contribution is -0.137. The molecule has 1 atom stereocenters. The number of nitrogens with zero attached hydrogens (tertiary/aromatic N) is 2. The molecule has 0 bridgehead atoms. The van der Waals surface area contributed by atoms with Gasteiger partial charge < -0.3 is 9.80 Å². The SMILES string of the molecule is O=C(CN1CC(Br)CC1=O)N1CCCC1. The number of hydrogen-bond acceptors (Lipinski definition) is 2. The summed E-state index contributed by atoms with van der Waals surface area (Å²) in [7, 11) is 0. The number of hydrogen-bond donors (Lipinski definition) is 0. The fourth-order valence-corrected chi connectivity index (χ4v) is 2.73. The summed E-state index contributed by atoms with van der Waals surface area (Å²) in [4.78, 5) is 27.0. The Bertz CT molecular complexity index is 277. The van der Waals surface area contributed by atoms with E-state index in [1.54, 1.807) is 4.90 Å². The number of alkyl halides is 1. The Kier molecular flexibility index (Phi) is 3.29. The molecule has 2 saturated heterocycles. The molecule has 0 aliphatic carbocycles. The lowest BCUT2D eigenvalue weighted by Gasteiger charge is -2.20. The average molecular weight is 275 g/mol.